The number of nitrogens with zero attached hydrogens (tertiary/aromatic N) is 3. The molecule has 378 valence electrons. The van der Waals surface area contributed by atoms with Crippen molar-refractivity contribution in [3.05, 3.63) is 83.4 Å². The number of hydrogen-bond donors (Lipinski definition) is 7. The van der Waals surface area contributed by atoms with E-state index in [1.54, 1.807) is 48.5 Å². The molecule has 0 aliphatic carbocycles. The zero-order valence-corrected chi connectivity index (χ0v) is 39.9. The van der Waals surface area contributed by atoms with Crippen molar-refractivity contribution >= 4 is 41.4 Å². The third-order valence-electron chi connectivity index (χ3n) is 12.6. The van der Waals surface area contributed by atoms with Crippen molar-refractivity contribution in [2.75, 3.05) is 34.9 Å². The van der Waals surface area contributed by atoms with Gasteiger partial charge in [-0.3, -0.25) is 33.6 Å². The Morgan fingerprint density at radius 2 is 1.34 bits per heavy atom. The molecule has 22 nitrogen and oxygen atoms in total. The van der Waals surface area contributed by atoms with Gasteiger partial charge in [-0.1, -0.05) is 30.3 Å². The van der Waals surface area contributed by atoms with Crippen LogP contribution in [0, 0.1) is 0 Å². The molecule has 2 saturated heterocycles. The number of rotatable bonds is 7. The van der Waals surface area contributed by atoms with Gasteiger partial charge in [0, 0.05) is 40.9 Å². The second kappa shape index (κ2) is 22.3. The quantitative estimate of drug-likeness (QED) is 0.141. The van der Waals surface area contributed by atoms with Crippen LogP contribution in [0.3, 0.4) is 0 Å². The molecule has 0 unspecified atom stereocenters. The molecule has 0 radical (unpaired) electrons. The van der Waals surface area contributed by atoms with Gasteiger partial charge >= 0.3 is 5.97 Å². The maximum absolute atomic E-state index is 15.2. The maximum atomic E-state index is 15.2. The van der Waals surface area contributed by atoms with Gasteiger partial charge in [-0.25, -0.2) is 0 Å². The molecule has 12 atom stereocenters. The molecule has 6 amide bonds. The Kier molecular flexibility index (Phi) is 16.7. The molecule has 4 heterocycles. The Hall–Kier alpha value is -6.85. The third-order valence-corrected chi connectivity index (χ3v) is 12.6. The fourth-order valence-corrected chi connectivity index (χ4v) is 8.43. The van der Waals surface area contributed by atoms with E-state index in [9.17, 15) is 49.2 Å². The van der Waals surface area contributed by atoms with Gasteiger partial charge in [0.2, 0.25) is 41.7 Å². The molecular formula is C48H60N6O16. The minimum Gasteiger partial charge on any atom is -0.497 e. The number of carbonyl (C=O) groups excluding carboxylic acids is 7. The fraction of sp³-hybridized carbons (Fsp3) is 0.479. The summed E-state index contributed by atoms with van der Waals surface area (Å²) in [6, 6.07) is 8.83. The molecule has 6 bridgehead atoms. The van der Waals surface area contributed by atoms with Crippen LogP contribution < -0.4 is 30.2 Å². The highest BCUT2D eigenvalue weighted by Gasteiger charge is 2.46. The van der Waals surface area contributed by atoms with Gasteiger partial charge in [-0.05, 0) is 73.9 Å². The number of nitrogens with one attached hydrogen (secondary N) is 3. The molecule has 3 aromatic rings. The third kappa shape index (κ3) is 11.6. The lowest BCUT2D eigenvalue weighted by molar-refractivity contribution is -0.277. The van der Waals surface area contributed by atoms with E-state index >= 15 is 4.79 Å². The summed E-state index contributed by atoms with van der Waals surface area (Å²) in [7, 11) is 5.50. The van der Waals surface area contributed by atoms with Crippen LogP contribution in [-0.2, 0) is 55.9 Å². The van der Waals surface area contributed by atoms with Crippen LogP contribution in [0.15, 0.2) is 66.7 Å². The molecule has 0 saturated carbocycles. The Balaban J connectivity index is 1.46. The number of amides is 6. The highest BCUT2D eigenvalue weighted by Crippen LogP contribution is 2.39. The van der Waals surface area contributed by atoms with Crippen molar-refractivity contribution in [1.82, 2.24) is 30.7 Å². The van der Waals surface area contributed by atoms with E-state index in [1.165, 1.54) is 67.2 Å². The standard InChI is InChI=1S/C48H60N6O16/c1-23-42(60)50-24(2)45(63)52(5)32(19-27-9-14-30(66-8)15-10-27)43(61)51-25(3)46(64)53(6)33-20-28-11-16-31(17-12-28)68-35-21-29(41(67-26(4)56)37(44(62)49-23)54(7)47(33)65)13-18-34(35)69-48-40(59)39(58)38(57)36(22-55)70-48/h9-18,21,23-25,32-33,36-41,48,55,57-59H,19-20,22H2,1-8H3,(H,49,62)(H,50,60)(H,51,61)/t23-,24+,25-,32-,33-,36+,37-,38+,39+,40+,41-,48-/m0/s1. The van der Waals surface area contributed by atoms with Crippen molar-refractivity contribution in [1.29, 1.82) is 0 Å². The molecule has 2 fully saturated rings. The number of methoxy groups -OCH3 is 1. The first kappa shape index (κ1) is 52.5. The van der Waals surface area contributed by atoms with Gasteiger partial charge in [0.25, 0.3) is 0 Å². The number of benzene rings is 3. The van der Waals surface area contributed by atoms with Crippen LogP contribution in [0.5, 0.6) is 23.0 Å². The summed E-state index contributed by atoms with van der Waals surface area (Å²) in [6.07, 6.45) is -10.1. The Labute approximate surface area is 403 Å². The van der Waals surface area contributed by atoms with Crippen molar-refractivity contribution in [2.24, 2.45) is 0 Å². The first-order valence-corrected chi connectivity index (χ1v) is 22.5. The summed E-state index contributed by atoms with van der Waals surface area (Å²) in [4.78, 5) is 103. The molecule has 3 aromatic carbocycles. The first-order valence-electron chi connectivity index (χ1n) is 22.5. The Morgan fingerprint density at radius 1 is 0.729 bits per heavy atom. The smallest absolute Gasteiger partial charge is 0.303 e. The first-order chi connectivity index (χ1) is 33.1. The minimum atomic E-state index is -1.81. The number of hydrogen-bond acceptors (Lipinski definition) is 16. The second-order valence-electron chi connectivity index (χ2n) is 17.6. The average Bonchev–Trinajstić information content (AvgIpc) is 3.33. The highest BCUT2D eigenvalue weighted by atomic mass is 16.7. The molecule has 7 rings (SSSR count). The van der Waals surface area contributed by atoms with E-state index in [-0.39, 0.29) is 35.7 Å². The van der Waals surface area contributed by atoms with Crippen molar-refractivity contribution in [3.8, 4) is 23.0 Å². The number of esters is 1. The molecular weight excluding hydrogens is 917 g/mol. The van der Waals surface area contributed by atoms with E-state index in [0.717, 1.165) is 21.6 Å². The normalized spacial score (nSPS) is 29.5. The molecule has 0 aromatic heterocycles. The summed E-state index contributed by atoms with van der Waals surface area (Å²) in [6.45, 7) is 4.48. The van der Waals surface area contributed by atoms with Gasteiger partial charge in [0.1, 0.15) is 66.1 Å². The fourth-order valence-electron chi connectivity index (χ4n) is 8.43. The monoisotopic (exact) mass is 976 g/mol. The lowest BCUT2D eigenvalue weighted by Gasteiger charge is -2.40. The van der Waals surface area contributed by atoms with Crippen LogP contribution in [0.2, 0.25) is 0 Å². The van der Waals surface area contributed by atoms with Gasteiger partial charge in [0.15, 0.2) is 23.6 Å². The van der Waals surface area contributed by atoms with E-state index in [2.05, 4.69) is 16.0 Å². The molecule has 22 heteroatoms. The van der Waals surface area contributed by atoms with Crippen molar-refractivity contribution in [2.45, 2.75) is 114 Å². The van der Waals surface area contributed by atoms with Crippen LogP contribution in [0.1, 0.15) is 50.5 Å². The van der Waals surface area contributed by atoms with Gasteiger partial charge in [0.05, 0.1) is 13.7 Å². The second-order valence-corrected chi connectivity index (χ2v) is 17.6. The van der Waals surface area contributed by atoms with Crippen LogP contribution >= 0.6 is 0 Å². The minimum absolute atomic E-state index is 0.00601. The number of carbonyl (C=O) groups is 7. The summed E-state index contributed by atoms with van der Waals surface area (Å²) in [5, 5.41) is 49.3. The van der Waals surface area contributed by atoms with Crippen molar-refractivity contribution < 1.29 is 77.7 Å². The van der Waals surface area contributed by atoms with Crippen LogP contribution in [0.25, 0.3) is 0 Å². The number of fused-ring (bicyclic) bond motifs is 2. The zero-order chi connectivity index (χ0) is 51.3. The predicted octanol–water partition coefficient (Wildman–Crippen LogP) is -0.922. The number of aliphatic hydroxyl groups is 4. The summed E-state index contributed by atoms with van der Waals surface area (Å²) >= 11 is 0. The van der Waals surface area contributed by atoms with Crippen molar-refractivity contribution in [3.63, 3.8) is 0 Å². The van der Waals surface area contributed by atoms with E-state index < -0.39 is 121 Å². The number of ether oxygens (including phenoxy) is 5. The predicted molar refractivity (Wildman–Crippen MR) is 245 cm³/mol. The molecule has 4 aliphatic heterocycles. The largest absolute Gasteiger partial charge is 0.497 e. The zero-order valence-electron chi connectivity index (χ0n) is 39.9. The topological polar surface area (TPSA) is 292 Å². The number of likely N-dealkylation sites (N-methyl/N-ethyl adjacent to an activating group) is 3. The molecule has 4 aliphatic rings. The Bertz CT molecular complexity index is 2420. The van der Waals surface area contributed by atoms with E-state index in [1.807, 2.05) is 0 Å². The van der Waals surface area contributed by atoms with E-state index in [4.69, 9.17) is 23.7 Å². The van der Waals surface area contributed by atoms with Gasteiger partial charge in [-0.15, -0.1) is 0 Å². The van der Waals surface area contributed by atoms with Crippen LogP contribution in [-0.4, -0.2) is 178 Å². The summed E-state index contributed by atoms with van der Waals surface area (Å²) < 4.78 is 29.0. The van der Waals surface area contributed by atoms with Gasteiger partial charge in [-0.2, -0.15) is 0 Å². The lowest BCUT2D eigenvalue weighted by Crippen LogP contribution is -2.62. The summed E-state index contributed by atoms with van der Waals surface area (Å²) in [5.74, 6) is -5.16. The maximum Gasteiger partial charge on any atom is 0.303 e. The Morgan fingerprint density at radius 3 is 1.96 bits per heavy atom. The molecule has 0 spiro atoms. The van der Waals surface area contributed by atoms with E-state index in [0.29, 0.717) is 16.9 Å². The molecule has 7 N–H and O–H groups in total. The number of aliphatic hydroxyl groups excluding tert-OH is 4. The average molecular weight is 977 g/mol. The SMILES string of the molecule is COc1ccc(C[C@H]2C(=O)N[C@@H](C)C(=O)N(C)[C@H]3Cc4ccc(cc4)Oc4cc(ccc4O[C@H]4O[C@H](CO)[C@@H](O)[C@@H](O)[C@H]4O)[C@H](OC(C)=O)[C@@H](C(=O)N[C@@H](C)C(=O)N[C@H](C)C(=O)N2C)N(C)C3=O)cc1. The van der Waals surface area contributed by atoms with Crippen LogP contribution in [0.4, 0.5) is 0 Å². The molecule has 70 heavy (non-hydrogen) atoms. The summed E-state index contributed by atoms with van der Waals surface area (Å²) in [5.41, 5.74) is 1.17. The highest BCUT2D eigenvalue weighted by molar-refractivity contribution is 5.98. The lowest BCUT2D eigenvalue weighted by atomic mass is 9.96. The van der Waals surface area contributed by atoms with Gasteiger partial charge < -0.3 is 74.8 Å².